The maximum atomic E-state index is 12.3. The normalized spacial score (nSPS) is 10.7. The molecular formula is C21H24N4O3. The zero-order valence-electron chi connectivity index (χ0n) is 16.3. The first-order valence-electron chi connectivity index (χ1n) is 9.24. The van der Waals surface area contributed by atoms with E-state index < -0.39 is 5.91 Å². The van der Waals surface area contributed by atoms with Gasteiger partial charge in [-0.1, -0.05) is 18.2 Å². The fraction of sp³-hybridized carbons (Fsp3) is 0.286. The fourth-order valence-electron chi connectivity index (χ4n) is 3.02. The molecule has 1 aromatic heterocycles. The molecule has 2 N–H and O–H groups in total. The minimum atomic E-state index is -0.390. The lowest BCUT2D eigenvalue weighted by atomic mass is 10.2. The summed E-state index contributed by atoms with van der Waals surface area (Å²) in [7, 11) is 0. The Kier molecular flexibility index (Phi) is 5.93. The summed E-state index contributed by atoms with van der Waals surface area (Å²) >= 11 is 0. The Morgan fingerprint density at radius 3 is 2.64 bits per heavy atom. The summed E-state index contributed by atoms with van der Waals surface area (Å²) in [6, 6.07) is 12.9. The van der Waals surface area contributed by atoms with Crippen LogP contribution < -0.4 is 15.6 Å². The van der Waals surface area contributed by atoms with E-state index in [2.05, 4.69) is 20.4 Å². The summed E-state index contributed by atoms with van der Waals surface area (Å²) in [4.78, 5) is 28.7. The van der Waals surface area contributed by atoms with E-state index in [1.807, 2.05) is 51.1 Å². The van der Waals surface area contributed by atoms with Crippen LogP contribution in [0.2, 0.25) is 0 Å². The molecule has 1 heterocycles. The molecule has 0 atom stereocenters. The Bertz CT molecular complexity index is 1010. The first-order valence-corrected chi connectivity index (χ1v) is 9.24. The van der Waals surface area contributed by atoms with Crippen LogP contribution in [0.15, 0.2) is 42.5 Å². The highest BCUT2D eigenvalue weighted by Crippen LogP contribution is 2.18. The maximum Gasteiger partial charge on any atom is 0.269 e. The lowest BCUT2D eigenvalue weighted by Gasteiger charge is -2.10. The third kappa shape index (κ3) is 4.31. The number of para-hydroxylation sites is 1. The van der Waals surface area contributed by atoms with Gasteiger partial charge in [0, 0.05) is 12.1 Å². The number of carbonyl (C=O) groups is 2. The van der Waals surface area contributed by atoms with E-state index in [1.165, 1.54) is 0 Å². The van der Waals surface area contributed by atoms with E-state index in [0.29, 0.717) is 5.56 Å². The van der Waals surface area contributed by atoms with Gasteiger partial charge in [0.05, 0.1) is 24.1 Å². The van der Waals surface area contributed by atoms with E-state index in [9.17, 15) is 9.59 Å². The average molecular weight is 380 g/mol. The number of aryl methyl sites for hydroxylation is 3. The molecule has 0 fully saturated rings. The first kappa shape index (κ1) is 19.4. The van der Waals surface area contributed by atoms with Gasteiger partial charge in [0.1, 0.15) is 11.6 Å². The molecule has 0 aliphatic rings. The van der Waals surface area contributed by atoms with E-state index in [-0.39, 0.29) is 18.9 Å². The van der Waals surface area contributed by atoms with Crippen LogP contribution in [-0.4, -0.2) is 28.0 Å². The van der Waals surface area contributed by atoms with Crippen molar-refractivity contribution in [2.45, 2.75) is 33.7 Å². The predicted molar refractivity (Wildman–Crippen MR) is 107 cm³/mol. The van der Waals surface area contributed by atoms with Crippen LogP contribution >= 0.6 is 0 Å². The smallest absolute Gasteiger partial charge is 0.269 e. The Morgan fingerprint density at radius 2 is 1.89 bits per heavy atom. The van der Waals surface area contributed by atoms with Crippen LogP contribution in [0, 0.1) is 13.8 Å². The van der Waals surface area contributed by atoms with Crippen molar-refractivity contribution in [1.29, 1.82) is 0 Å². The fourth-order valence-corrected chi connectivity index (χ4v) is 3.02. The van der Waals surface area contributed by atoms with Gasteiger partial charge in [-0.15, -0.1) is 0 Å². The van der Waals surface area contributed by atoms with Gasteiger partial charge in [-0.3, -0.25) is 20.4 Å². The second-order valence-corrected chi connectivity index (χ2v) is 6.47. The molecule has 0 saturated heterocycles. The molecule has 28 heavy (non-hydrogen) atoms. The highest BCUT2D eigenvalue weighted by atomic mass is 16.5. The zero-order chi connectivity index (χ0) is 20.1. The standard InChI is InChI=1S/C21H24N4O3/c1-4-25-15(3)22-17-13-16(9-10-18(17)25)21(27)24-23-20(26)11-12-28-19-8-6-5-7-14(19)2/h5-10,13H,4,11-12H2,1-3H3,(H,23,26)(H,24,27). The number of nitrogens with zero attached hydrogens (tertiary/aromatic N) is 2. The molecule has 0 bridgehead atoms. The number of aromatic nitrogens is 2. The molecule has 7 nitrogen and oxygen atoms in total. The zero-order valence-corrected chi connectivity index (χ0v) is 16.3. The Morgan fingerprint density at radius 1 is 1.11 bits per heavy atom. The first-order chi connectivity index (χ1) is 13.5. The molecule has 3 rings (SSSR count). The van der Waals surface area contributed by atoms with Crippen LogP contribution in [0.5, 0.6) is 5.75 Å². The van der Waals surface area contributed by atoms with Crippen LogP contribution in [0.4, 0.5) is 0 Å². The quantitative estimate of drug-likeness (QED) is 0.644. The number of imidazole rings is 1. The van der Waals surface area contributed by atoms with Gasteiger partial charge in [-0.05, 0) is 50.6 Å². The number of hydrogen-bond acceptors (Lipinski definition) is 4. The van der Waals surface area contributed by atoms with Crippen LogP contribution in [0.1, 0.15) is 35.1 Å². The van der Waals surface area contributed by atoms with Gasteiger partial charge in [0.15, 0.2) is 0 Å². The van der Waals surface area contributed by atoms with Gasteiger partial charge in [0.2, 0.25) is 5.91 Å². The van der Waals surface area contributed by atoms with Gasteiger partial charge in [-0.25, -0.2) is 4.98 Å². The summed E-state index contributed by atoms with van der Waals surface area (Å²) in [5.41, 5.74) is 8.02. The van der Waals surface area contributed by atoms with Crippen molar-refractivity contribution >= 4 is 22.8 Å². The van der Waals surface area contributed by atoms with Crippen molar-refractivity contribution in [1.82, 2.24) is 20.4 Å². The molecule has 0 spiro atoms. The van der Waals surface area contributed by atoms with Crippen LogP contribution in [0.25, 0.3) is 11.0 Å². The van der Waals surface area contributed by atoms with Crippen molar-refractivity contribution in [3.63, 3.8) is 0 Å². The number of hydrazine groups is 1. The molecule has 7 heteroatoms. The number of benzene rings is 2. The summed E-state index contributed by atoms with van der Waals surface area (Å²) in [6.07, 6.45) is 0.133. The third-order valence-electron chi connectivity index (χ3n) is 4.51. The maximum absolute atomic E-state index is 12.3. The van der Waals surface area contributed by atoms with Crippen molar-refractivity contribution in [2.75, 3.05) is 6.61 Å². The van der Waals surface area contributed by atoms with E-state index >= 15 is 0 Å². The number of hydrogen-bond donors (Lipinski definition) is 2. The van der Waals surface area contributed by atoms with Crippen molar-refractivity contribution in [3.05, 3.63) is 59.4 Å². The average Bonchev–Trinajstić information content (AvgIpc) is 3.01. The molecule has 146 valence electrons. The molecule has 0 saturated carbocycles. The number of amides is 2. The lowest BCUT2D eigenvalue weighted by molar-refractivity contribution is -0.122. The number of rotatable bonds is 6. The predicted octanol–water partition coefficient (Wildman–Crippen LogP) is 2.90. The SMILES string of the molecule is CCn1c(C)nc2cc(C(=O)NNC(=O)CCOc3ccccc3C)ccc21. The van der Waals surface area contributed by atoms with Gasteiger partial charge >= 0.3 is 0 Å². The third-order valence-corrected chi connectivity index (χ3v) is 4.51. The van der Waals surface area contributed by atoms with Crippen LogP contribution in [-0.2, 0) is 11.3 Å². The monoisotopic (exact) mass is 380 g/mol. The number of nitrogens with one attached hydrogen (secondary N) is 2. The van der Waals surface area contributed by atoms with Gasteiger partial charge in [-0.2, -0.15) is 0 Å². The summed E-state index contributed by atoms with van der Waals surface area (Å²) in [5, 5.41) is 0. The lowest BCUT2D eigenvalue weighted by Crippen LogP contribution is -2.42. The second kappa shape index (κ2) is 8.56. The molecule has 0 aliphatic heterocycles. The van der Waals surface area contributed by atoms with Gasteiger partial charge < -0.3 is 9.30 Å². The number of ether oxygens (including phenoxy) is 1. The molecular weight excluding hydrogens is 356 g/mol. The molecule has 2 amide bonds. The Hall–Kier alpha value is -3.35. The Labute approximate surface area is 163 Å². The summed E-state index contributed by atoms with van der Waals surface area (Å²) in [6.45, 7) is 6.97. The highest BCUT2D eigenvalue weighted by molar-refractivity contribution is 5.98. The van der Waals surface area contributed by atoms with Crippen molar-refractivity contribution in [3.8, 4) is 5.75 Å². The molecule has 2 aromatic carbocycles. The topological polar surface area (TPSA) is 85.3 Å². The van der Waals surface area contributed by atoms with E-state index in [0.717, 1.165) is 34.7 Å². The largest absolute Gasteiger partial charge is 0.493 e. The summed E-state index contributed by atoms with van der Waals surface area (Å²) in [5.74, 6) is 0.930. The molecule has 0 aliphatic carbocycles. The van der Waals surface area contributed by atoms with Crippen molar-refractivity contribution < 1.29 is 14.3 Å². The van der Waals surface area contributed by atoms with Crippen molar-refractivity contribution in [2.24, 2.45) is 0 Å². The van der Waals surface area contributed by atoms with E-state index in [4.69, 9.17) is 4.74 Å². The highest BCUT2D eigenvalue weighted by Gasteiger charge is 2.12. The summed E-state index contributed by atoms with van der Waals surface area (Å²) < 4.78 is 7.66. The van der Waals surface area contributed by atoms with E-state index in [1.54, 1.807) is 12.1 Å². The number of carbonyl (C=O) groups excluding carboxylic acids is 2. The molecule has 0 radical (unpaired) electrons. The number of fused-ring (bicyclic) bond motifs is 1. The minimum absolute atomic E-state index is 0.133. The second-order valence-electron chi connectivity index (χ2n) is 6.47. The molecule has 3 aromatic rings. The Balaban J connectivity index is 1.51. The van der Waals surface area contributed by atoms with Gasteiger partial charge in [0.25, 0.3) is 5.91 Å². The minimum Gasteiger partial charge on any atom is -0.493 e. The molecule has 0 unspecified atom stereocenters. The van der Waals surface area contributed by atoms with Crippen LogP contribution in [0.3, 0.4) is 0 Å².